The lowest BCUT2D eigenvalue weighted by atomic mass is 9.94. The van der Waals surface area contributed by atoms with Crippen molar-refractivity contribution in [2.75, 3.05) is 0 Å². The topological polar surface area (TPSA) is 0 Å². The average molecular weight is 172 g/mol. The van der Waals surface area contributed by atoms with E-state index in [4.69, 9.17) is 0 Å². The number of allylic oxidation sites excluding steroid dienone is 2. The molecule has 1 aromatic rings. The van der Waals surface area contributed by atoms with Gasteiger partial charge in [-0.25, -0.2) is 0 Å². The van der Waals surface area contributed by atoms with Crippen molar-refractivity contribution in [1.29, 1.82) is 0 Å². The molecular formula is C13H16. The van der Waals surface area contributed by atoms with Crippen LogP contribution >= 0.6 is 0 Å². The largest absolute Gasteiger partial charge is 0.103 e. The number of hydrogen-bond acceptors (Lipinski definition) is 0. The van der Waals surface area contributed by atoms with Crippen LogP contribution in [-0.4, -0.2) is 0 Å². The van der Waals surface area contributed by atoms with E-state index in [2.05, 4.69) is 37.4 Å². The molecule has 0 aliphatic rings. The molecule has 0 nitrogen and oxygen atoms in total. The van der Waals surface area contributed by atoms with E-state index in [0.29, 0.717) is 5.92 Å². The molecule has 1 aromatic carbocycles. The van der Waals surface area contributed by atoms with E-state index in [1.54, 1.807) is 0 Å². The van der Waals surface area contributed by atoms with Crippen LogP contribution < -0.4 is 0 Å². The second-order valence-corrected chi connectivity index (χ2v) is 3.12. The zero-order valence-corrected chi connectivity index (χ0v) is 7.95. The molecule has 0 aromatic heterocycles. The van der Waals surface area contributed by atoms with Crippen molar-refractivity contribution < 1.29 is 0 Å². The minimum Gasteiger partial charge on any atom is -0.103 e. The molecular weight excluding hydrogens is 156 g/mol. The Kier molecular flexibility index (Phi) is 4.04. The molecule has 68 valence electrons. The molecule has 13 heavy (non-hydrogen) atoms. The van der Waals surface area contributed by atoms with Crippen molar-refractivity contribution in [2.45, 2.75) is 18.8 Å². The number of benzene rings is 1. The smallest absolute Gasteiger partial charge is 0.00182 e. The van der Waals surface area contributed by atoms with Crippen molar-refractivity contribution >= 4 is 0 Å². The molecule has 0 fully saturated rings. The Bertz CT molecular complexity index is 259. The van der Waals surface area contributed by atoms with Crippen molar-refractivity contribution in [3.63, 3.8) is 0 Å². The van der Waals surface area contributed by atoms with Gasteiger partial charge in [0.2, 0.25) is 0 Å². The number of rotatable bonds is 5. The molecule has 0 aliphatic heterocycles. The maximum absolute atomic E-state index is 3.86. The average Bonchev–Trinajstić information content (AvgIpc) is 2.21. The molecule has 0 unspecified atom stereocenters. The molecule has 0 bridgehead atoms. The Morgan fingerprint density at radius 1 is 1.15 bits per heavy atom. The molecule has 0 saturated heterocycles. The Labute approximate surface area is 80.6 Å². The third kappa shape index (κ3) is 2.90. The summed E-state index contributed by atoms with van der Waals surface area (Å²) in [5.41, 5.74) is 1.35. The first-order valence-electron chi connectivity index (χ1n) is 4.67. The van der Waals surface area contributed by atoms with Crippen LogP contribution in [0.1, 0.15) is 24.3 Å². The Morgan fingerprint density at radius 3 is 2.38 bits per heavy atom. The highest BCUT2D eigenvalue weighted by Gasteiger charge is 2.04. The van der Waals surface area contributed by atoms with Crippen LogP contribution in [0.4, 0.5) is 0 Å². The van der Waals surface area contributed by atoms with Crippen LogP contribution in [0.3, 0.4) is 0 Å². The minimum absolute atomic E-state index is 0.471. The van der Waals surface area contributed by atoms with E-state index in [-0.39, 0.29) is 0 Å². The lowest BCUT2D eigenvalue weighted by Crippen LogP contribution is -1.93. The lowest BCUT2D eigenvalue weighted by molar-refractivity contribution is 0.753. The highest BCUT2D eigenvalue weighted by atomic mass is 14.1. The van der Waals surface area contributed by atoms with Crippen LogP contribution in [0, 0.1) is 0 Å². The zero-order chi connectivity index (χ0) is 9.52. The molecule has 0 spiro atoms. The predicted molar refractivity (Wildman–Crippen MR) is 58.8 cm³/mol. The summed E-state index contributed by atoms with van der Waals surface area (Å²) in [5.74, 6) is 0.471. The fourth-order valence-electron chi connectivity index (χ4n) is 1.42. The summed E-state index contributed by atoms with van der Waals surface area (Å²) < 4.78 is 0. The van der Waals surface area contributed by atoms with Crippen LogP contribution in [0.25, 0.3) is 0 Å². The van der Waals surface area contributed by atoms with Gasteiger partial charge in [-0.05, 0) is 18.4 Å². The molecule has 0 saturated carbocycles. The third-order valence-electron chi connectivity index (χ3n) is 2.19. The Balaban J connectivity index is 2.66. The first-order chi connectivity index (χ1) is 6.38. The van der Waals surface area contributed by atoms with E-state index in [1.165, 1.54) is 5.56 Å². The van der Waals surface area contributed by atoms with Gasteiger partial charge in [0.25, 0.3) is 0 Å². The van der Waals surface area contributed by atoms with Crippen molar-refractivity contribution in [1.82, 2.24) is 0 Å². The molecule has 0 heterocycles. The standard InChI is InChI=1S/C13H16/c1-3-5-9-12(4-2)13-10-7-6-8-11-13/h3-4,6-8,10-12H,1-2,5,9H2/t12-/m0/s1. The molecule has 1 atom stereocenters. The van der Waals surface area contributed by atoms with Gasteiger partial charge in [-0.3, -0.25) is 0 Å². The van der Waals surface area contributed by atoms with Crippen molar-refractivity contribution in [3.05, 3.63) is 61.2 Å². The number of hydrogen-bond donors (Lipinski definition) is 0. The summed E-state index contributed by atoms with van der Waals surface area (Å²) in [7, 11) is 0. The molecule has 0 aliphatic carbocycles. The molecule has 0 N–H and O–H groups in total. The van der Waals surface area contributed by atoms with E-state index in [0.717, 1.165) is 12.8 Å². The van der Waals surface area contributed by atoms with Crippen LogP contribution in [-0.2, 0) is 0 Å². The van der Waals surface area contributed by atoms with Gasteiger partial charge in [-0.2, -0.15) is 0 Å². The highest BCUT2D eigenvalue weighted by molar-refractivity contribution is 5.22. The van der Waals surface area contributed by atoms with Gasteiger partial charge in [0.05, 0.1) is 0 Å². The fourth-order valence-corrected chi connectivity index (χ4v) is 1.42. The summed E-state index contributed by atoms with van der Waals surface area (Å²) in [5, 5.41) is 0. The van der Waals surface area contributed by atoms with E-state index < -0.39 is 0 Å². The second kappa shape index (κ2) is 5.36. The highest BCUT2D eigenvalue weighted by Crippen LogP contribution is 2.21. The van der Waals surface area contributed by atoms with E-state index in [9.17, 15) is 0 Å². The molecule has 1 rings (SSSR count). The fraction of sp³-hybridized carbons (Fsp3) is 0.231. The van der Waals surface area contributed by atoms with Gasteiger partial charge in [-0.1, -0.05) is 42.5 Å². The first-order valence-corrected chi connectivity index (χ1v) is 4.67. The van der Waals surface area contributed by atoms with E-state index >= 15 is 0 Å². The van der Waals surface area contributed by atoms with Gasteiger partial charge < -0.3 is 0 Å². The third-order valence-corrected chi connectivity index (χ3v) is 2.19. The molecule has 0 heteroatoms. The van der Waals surface area contributed by atoms with Crippen molar-refractivity contribution in [3.8, 4) is 0 Å². The SMILES string of the molecule is C=CCC[C@H](C=C)c1ccccc1. The second-order valence-electron chi connectivity index (χ2n) is 3.12. The van der Waals surface area contributed by atoms with Crippen LogP contribution in [0.5, 0.6) is 0 Å². The monoisotopic (exact) mass is 172 g/mol. The van der Waals surface area contributed by atoms with Gasteiger partial charge in [0, 0.05) is 5.92 Å². The maximum atomic E-state index is 3.86. The quantitative estimate of drug-likeness (QED) is 0.590. The summed E-state index contributed by atoms with van der Waals surface area (Å²) >= 11 is 0. The van der Waals surface area contributed by atoms with Crippen molar-refractivity contribution in [2.24, 2.45) is 0 Å². The van der Waals surface area contributed by atoms with Crippen LogP contribution in [0.2, 0.25) is 0 Å². The first kappa shape index (κ1) is 9.79. The maximum Gasteiger partial charge on any atom is 0.00182 e. The van der Waals surface area contributed by atoms with Gasteiger partial charge in [0.1, 0.15) is 0 Å². The van der Waals surface area contributed by atoms with E-state index in [1.807, 2.05) is 18.2 Å². The minimum atomic E-state index is 0.471. The molecule has 0 radical (unpaired) electrons. The van der Waals surface area contributed by atoms with Gasteiger partial charge in [-0.15, -0.1) is 13.2 Å². The lowest BCUT2D eigenvalue weighted by Gasteiger charge is -2.10. The zero-order valence-electron chi connectivity index (χ0n) is 7.95. The predicted octanol–water partition coefficient (Wildman–Crippen LogP) is 3.92. The Hall–Kier alpha value is -1.30. The van der Waals surface area contributed by atoms with Crippen LogP contribution in [0.15, 0.2) is 55.6 Å². The van der Waals surface area contributed by atoms with Gasteiger partial charge >= 0.3 is 0 Å². The summed E-state index contributed by atoms with van der Waals surface area (Å²) in [6.07, 6.45) is 6.13. The summed E-state index contributed by atoms with van der Waals surface area (Å²) in [6, 6.07) is 10.5. The normalized spacial score (nSPS) is 12.0. The summed E-state index contributed by atoms with van der Waals surface area (Å²) in [4.78, 5) is 0. The molecule has 0 amide bonds. The van der Waals surface area contributed by atoms with Gasteiger partial charge in [0.15, 0.2) is 0 Å². The Morgan fingerprint density at radius 2 is 1.85 bits per heavy atom. The summed E-state index contributed by atoms with van der Waals surface area (Å²) in [6.45, 7) is 7.58.